The fourth-order valence-corrected chi connectivity index (χ4v) is 0. The van der Waals surface area contributed by atoms with Gasteiger partial charge in [0.1, 0.15) is 0 Å². The summed E-state index contributed by atoms with van der Waals surface area (Å²) in [5.74, 6) is 0. The van der Waals surface area contributed by atoms with Crippen LogP contribution in [0, 0.1) is 0 Å². The van der Waals surface area contributed by atoms with E-state index in [1.807, 2.05) is 0 Å². The molecule has 0 rings (SSSR count). The van der Waals surface area contributed by atoms with Gasteiger partial charge in [0.25, 0.3) is 0 Å². The van der Waals surface area contributed by atoms with Gasteiger partial charge in [-0.2, -0.15) is 13.5 Å². The summed E-state index contributed by atoms with van der Waals surface area (Å²) in [7, 11) is 0. The van der Waals surface area contributed by atoms with Crippen LogP contribution in [0.15, 0.2) is 0 Å². The summed E-state index contributed by atoms with van der Waals surface area (Å²) in [5, 5.41) is 0. The van der Waals surface area contributed by atoms with Crippen molar-refractivity contribution in [3.63, 3.8) is 0 Å². The van der Waals surface area contributed by atoms with Crippen LogP contribution in [0.3, 0.4) is 0 Å². The van der Waals surface area contributed by atoms with Gasteiger partial charge in [0.05, 0.1) is 0 Å². The first-order chi connectivity index (χ1) is 12.0. The Balaban J connectivity index is -0.0000000443. The second-order valence-corrected chi connectivity index (χ2v) is 14.7. The van der Waals surface area contributed by atoms with Crippen molar-refractivity contribution in [1.82, 2.24) is 0 Å². The molecule has 0 spiro atoms. The van der Waals surface area contributed by atoms with E-state index in [4.69, 9.17) is 71.6 Å². The van der Waals surface area contributed by atoms with Gasteiger partial charge in [-0.3, -0.25) is 0 Å². The molecule has 0 unspecified atom stereocenters. The van der Waals surface area contributed by atoms with Crippen molar-refractivity contribution in [2.75, 3.05) is 0 Å². The molecule has 0 radical (unpaired) electrons. The molecule has 31 heteroatoms. The zero-order valence-corrected chi connectivity index (χ0v) is 25.5. The molecule has 0 heterocycles. The third-order valence-corrected chi connectivity index (χ3v) is 0. The number of halogens is 6. The van der Waals surface area contributed by atoms with Gasteiger partial charge in [0.2, 0.25) is 0 Å². The van der Waals surface area contributed by atoms with Crippen LogP contribution in [-0.2, 0) is 22.4 Å². The van der Waals surface area contributed by atoms with E-state index in [1.165, 1.54) is 0 Å². The normalized spacial score (nSPS) is 11.4. The molecule has 200 valence electrons. The van der Waals surface area contributed by atoms with Gasteiger partial charge in [-0.25, -0.2) is 0 Å². The first-order valence-corrected chi connectivity index (χ1v) is 23.4. The average Bonchev–Trinajstić information content (AvgIpc) is 1.94. The van der Waals surface area contributed by atoms with Crippen molar-refractivity contribution in [3.8, 4) is 0 Å². The standard InChI is InChI=1S/6AsFH2O3.H2S/c6*2-1(3,4)5;/h6*(H2,3,4,5);1H2. The largest absolute Gasteiger partial charge is 0.197 e. The maximum atomic E-state index is 10.4. The fourth-order valence-electron chi connectivity index (χ4n) is 0. The second-order valence-electron chi connectivity index (χ2n) is 2.84. The minimum absolute atomic E-state index is 0. The van der Waals surface area contributed by atoms with Gasteiger partial charge < -0.3 is 0 Å². The Hall–Kier alpha value is 1.60. The Bertz CT molecular complexity index is 480. The summed E-state index contributed by atoms with van der Waals surface area (Å²) >= 11 is -33.8. The van der Waals surface area contributed by atoms with E-state index in [1.54, 1.807) is 0 Å². The van der Waals surface area contributed by atoms with E-state index in [2.05, 4.69) is 0 Å². The maximum absolute atomic E-state index is 10.4. The van der Waals surface area contributed by atoms with Crippen LogP contribution < -0.4 is 0 Å². The molecule has 0 aromatic heterocycles. The zero-order chi connectivity index (χ0) is 27.0. The Morgan fingerprint density at radius 1 is 0.290 bits per heavy atom. The smallest absolute Gasteiger partial charge is 0.197 e. The van der Waals surface area contributed by atoms with E-state index in [0.29, 0.717) is 0 Å². The zero-order valence-electron chi connectivity index (χ0n) is 13.3. The molecular weight excluding hydrogens is 884 g/mol. The third-order valence-electron chi connectivity index (χ3n) is 0. The van der Waals surface area contributed by atoms with Gasteiger partial charge in [-0.05, 0) is 0 Å². The van der Waals surface area contributed by atoms with Crippen molar-refractivity contribution >= 4 is 101 Å². The number of rotatable bonds is 0. The van der Waals surface area contributed by atoms with Crippen molar-refractivity contribution in [1.29, 1.82) is 0 Å². The third kappa shape index (κ3) is 10800. The van der Waals surface area contributed by atoms with E-state index in [0.717, 1.165) is 0 Å². The van der Waals surface area contributed by atoms with E-state index in [-0.39, 0.29) is 13.5 Å². The second kappa shape index (κ2) is 20.9. The molecule has 0 aliphatic heterocycles. The van der Waals surface area contributed by atoms with Crippen molar-refractivity contribution in [3.05, 3.63) is 0 Å². The molecule has 0 aliphatic rings. The van der Waals surface area contributed by atoms with Crippen LogP contribution in [0.4, 0.5) is 20.8 Å². The molecule has 18 nitrogen and oxygen atoms in total. The quantitative estimate of drug-likeness (QED) is 0.0794. The molecule has 31 heavy (non-hydrogen) atoms. The molecule has 0 saturated carbocycles. The van der Waals surface area contributed by atoms with Crippen LogP contribution in [0.1, 0.15) is 0 Å². The minimum Gasteiger partial charge on any atom is -0.197 e. The SMILES string of the molecule is O=[As](O)(O)F.O=[As](O)(O)F.O=[As](O)(O)F.O=[As](O)(O)F.O=[As](O)(O)F.O=[As](O)(O)F.S. The van der Waals surface area contributed by atoms with Gasteiger partial charge in [0.15, 0.2) is 0 Å². The summed E-state index contributed by atoms with van der Waals surface area (Å²) in [6.07, 6.45) is 0. The van der Waals surface area contributed by atoms with Crippen molar-refractivity contribution in [2.45, 2.75) is 0 Å². The van der Waals surface area contributed by atoms with Crippen LogP contribution in [0.25, 0.3) is 0 Å². The summed E-state index contributed by atoms with van der Waals surface area (Å²) in [6.45, 7) is 0. The van der Waals surface area contributed by atoms with E-state index >= 15 is 0 Å². The topological polar surface area (TPSA) is 345 Å². The van der Waals surface area contributed by atoms with Crippen molar-refractivity contribution < 1.29 is 92.4 Å². The van der Waals surface area contributed by atoms with Gasteiger partial charge in [0, 0.05) is 0 Å². The molecule has 0 aliphatic carbocycles. The molecular formula is H14As6F6O18S. The minimum atomic E-state index is -5.62. The summed E-state index contributed by atoms with van der Waals surface area (Å²) in [5.41, 5.74) is 0. The van der Waals surface area contributed by atoms with Crippen molar-refractivity contribution in [2.24, 2.45) is 0 Å². The first-order valence-electron chi connectivity index (χ1n) is 4.51. The molecule has 0 aromatic rings. The molecule has 0 aromatic carbocycles. The predicted molar refractivity (Wildman–Crippen MR) is 82.3 cm³/mol. The van der Waals surface area contributed by atoms with Crippen LogP contribution >= 0.6 is 13.5 Å². The molecule has 12 N–H and O–H groups in total. The monoisotopic (exact) mass is 898 g/mol. The van der Waals surface area contributed by atoms with E-state index < -0.39 is 87.9 Å². The Labute approximate surface area is 192 Å². The summed E-state index contributed by atoms with van der Waals surface area (Å²) < 4.78 is 199. The molecule has 0 atom stereocenters. The molecule has 0 bridgehead atoms. The molecule has 0 saturated heterocycles. The summed E-state index contributed by atoms with van der Waals surface area (Å²) in [4.78, 5) is 0. The van der Waals surface area contributed by atoms with E-state index in [9.17, 15) is 20.8 Å². The molecule has 0 fully saturated rings. The Morgan fingerprint density at radius 3 is 0.290 bits per heavy atom. The summed E-state index contributed by atoms with van der Waals surface area (Å²) in [6, 6.07) is 0. The maximum Gasteiger partial charge on any atom is -0.197 e. The average molecular weight is 898 g/mol. The Kier molecular flexibility index (Phi) is 33.5. The molecule has 0 amide bonds. The first kappa shape index (κ1) is 49.7. The van der Waals surface area contributed by atoms with Crippen LogP contribution in [0.2, 0.25) is 0 Å². The fraction of sp³-hybridized carbons (Fsp3) is 0. The Morgan fingerprint density at radius 2 is 0.290 bits per heavy atom. The number of hydrogen-bond acceptors (Lipinski definition) is 6. The van der Waals surface area contributed by atoms with Gasteiger partial charge >= 0.3 is 180 Å². The predicted octanol–water partition coefficient (Wildman–Crippen LogP) is -7.05. The van der Waals surface area contributed by atoms with Gasteiger partial charge in [-0.15, -0.1) is 0 Å². The van der Waals surface area contributed by atoms with Crippen LogP contribution in [-0.4, -0.2) is 137 Å². The number of hydrogen-bond donors (Lipinski definition) is 12. The van der Waals surface area contributed by atoms with Gasteiger partial charge in [-0.1, -0.05) is 0 Å². The van der Waals surface area contributed by atoms with Crippen LogP contribution in [0.5, 0.6) is 0 Å².